The van der Waals surface area contributed by atoms with Crippen LogP contribution >= 0.6 is 0 Å². The lowest BCUT2D eigenvalue weighted by molar-refractivity contribution is -0.122. The second-order valence-corrected chi connectivity index (χ2v) is 4.88. The van der Waals surface area contributed by atoms with E-state index in [1.165, 1.54) is 25.7 Å². The van der Waals surface area contributed by atoms with Crippen LogP contribution in [0, 0.1) is 5.92 Å². The van der Waals surface area contributed by atoms with E-state index < -0.39 is 0 Å². The monoisotopic (exact) mass is 224 g/mol. The Morgan fingerprint density at radius 1 is 1.44 bits per heavy atom. The van der Waals surface area contributed by atoms with Crippen molar-refractivity contribution in [3.05, 3.63) is 12.7 Å². The summed E-state index contributed by atoms with van der Waals surface area (Å²) in [6.07, 6.45) is 6.64. The minimum absolute atomic E-state index is 0.0681. The zero-order chi connectivity index (χ0) is 12.0. The highest BCUT2D eigenvalue weighted by molar-refractivity contribution is 5.81. The summed E-state index contributed by atoms with van der Waals surface area (Å²) in [6, 6.07) is 0.416. The standard InChI is InChI=1S/C13H24N2O/c1-4-9-14-13(16)11(3)15-12-7-5-10(2)6-8-12/h4,10-12,15H,1,5-9H2,2-3H3,(H,14,16)/t10?,11-,12?/m1/s1. The highest BCUT2D eigenvalue weighted by atomic mass is 16.2. The molecule has 0 bridgehead atoms. The fourth-order valence-corrected chi connectivity index (χ4v) is 2.18. The van der Waals surface area contributed by atoms with Crippen LogP contribution in [-0.4, -0.2) is 24.5 Å². The molecule has 0 aromatic carbocycles. The van der Waals surface area contributed by atoms with Gasteiger partial charge in [0.15, 0.2) is 0 Å². The molecular weight excluding hydrogens is 200 g/mol. The van der Waals surface area contributed by atoms with Gasteiger partial charge >= 0.3 is 0 Å². The highest BCUT2D eigenvalue weighted by Gasteiger charge is 2.21. The van der Waals surface area contributed by atoms with E-state index in [4.69, 9.17) is 0 Å². The van der Waals surface area contributed by atoms with Crippen molar-refractivity contribution in [2.75, 3.05) is 6.54 Å². The Bertz CT molecular complexity index is 232. The van der Waals surface area contributed by atoms with Gasteiger partial charge in [0.2, 0.25) is 5.91 Å². The molecule has 1 aliphatic carbocycles. The van der Waals surface area contributed by atoms with E-state index in [1.54, 1.807) is 6.08 Å². The summed E-state index contributed by atoms with van der Waals surface area (Å²) in [5, 5.41) is 6.21. The lowest BCUT2D eigenvalue weighted by atomic mass is 9.87. The molecule has 0 aliphatic heterocycles. The molecule has 0 spiro atoms. The van der Waals surface area contributed by atoms with Crippen LogP contribution in [0.25, 0.3) is 0 Å². The first-order valence-corrected chi connectivity index (χ1v) is 6.28. The van der Waals surface area contributed by atoms with Gasteiger partial charge in [-0.15, -0.1) is 6.58 Å². The summed E-state index contributed by atoms with van der Waals surface area (Å²) >= 11 is 0. The van der Waals surface area contributed by atoms with Crippen LogP contribution in [-0.2, 0) is 4.79 Å². The predicted octanol–water partition coefficient (Wildman–Crippen LogP) is 1.85. The lowest BCUT2D eigenvalue weighted by Gasteiger charge is -2.29. The van der Waals surface area contributed by atoms with E-state index in [1.807, 2.05) is 6.92 Å². The second-order valence-electron chi connectivity index (χ2n) is 4.88. The lowest BCUT2D eigenvalue weighted by Crippen LogP contribution is -2.47. The van der Waals surface area contributed by atoms with Crippen molar-refractivity contribution in [1.82, 2.24) is 10.6 Å². The quantitative estimate of drug-likeness (QED) is 0.700. The first-order chi connectivity index (χ1) is 7.63. The van der Waals surface area contributed by atoms with Crippen molar-refractivity contribution in [1.29, 1.82) is 0 Å². The maximum absolute atomic E-state index is 11.6. The molecule has 2 N–H and O–H groups in total. The predicted molar refractivity (Wildman–Crippen MR) is 67.2 cm³/mol. The van der Waals surface area contributed by atoms with Crippen LogP contribution in [0.3, 0.4) is 0 Å². The topological polar surface area (TPSA) is 41.1 Å². The van der Waals surface area contributed by atoms with Crippen molar-refractivity contribution in [2.45, 2.75) is 51.6 Å². The first-order valence-electron chi connectivity index (χ1n) is 6.28. The summed E-state index contributed by atoms with van der Waals surface area (Å²) in [6.45, 7) is 8.36. The van der Waals surface area contributed by atoms with Gasteiger partial charge in [0.05, 0.1) is 6.04 Å². The van der Waals surface area contributed by atoms with Gasteiger partial charge in [-0.25, -0.2) is 0 Å². The molecule has 1 amide bonds. The van der Waals surface area contributed by atoms with Gasteiger partial charge in [-0.3, -0.25) is 4.79 Å². The highest BCUT2D eigenvalue weighted by Crippen LogP contribution is 2.23. The molecule has 16 heavy (non-hydrogen) atoms. The van der Waals surface area contributed by atoms with Crippen LogP contribution in [0.2, 0.25) is 0 Å². The van der Waals surface area contributed by atoms with Gasteiger partial charge in [-0.1, -0.05) is 13.0 Å². The number of carbonyl (C=O) groups is 1. The molecule has 1 aliphatic rings. The Morgan fingerprint density at radius 3 is 2.62 bits per heavy atom. The normalized spacial score (nSPS) is 27.1. The Labute approximate surface area is 98.7 Å². The molecule has 1 rings (SSSR count). The fourth-order valence-electron chi connectivity index (χ4n) is 2.18. The van der Waals surface area contributed by atoms with Gasteiger partial charge in [0.25, 0.3) is 0 Å². The number of hydrogen-bond acceptors (Lipinski definition) is 2. The van der Waals surface area contributed by atoms with Crippen molar-refractivity contribution in [2.24, 2.45) is 5.92 Å². The third-order valence-corrected chi connectivity index (χ3v) is 3.32. The summed E-state index contributed by atoms with van der Waals surface area (Å²) in [7, 11) is 0. The van der Waals surface area contributed by atoms with E-state index in [0.29, 0.717) is 12.6 Å². The minimum atomic E-state index is -0.0987. The Kier molecular flexibility index (Phi) is 5.53. The molecule has 3 heteroatoms. The van der Waals surface area contributed by atoms with Crippen molar-refractivity contribution < 1.29 is 4.79 Å². The molecule has 92 valence electrons. The van der Waals surface area contributed by atoms with Gasteiger partial charge in [0, 0.05) is 12.6 Å². The Balaban J connectivity index is 2.25. The third kappa shape index (κ3) is 4.35. The van der Waals surface area contributed by atoms with Crippen LogP contribution in [0.1, 0.15) is 39.5 Å². The van der Waals surface area contributed by atoms with Crippen LogP contribution in [0.5, 0.6) is 0 Å². The molecular formula is C13H24N2O. The third-order valence-electron chi connectivity index (χ3n) is 3.32. The van der Waals surface area contributed by atoms with Gasteiger partial charge < -0.3 is 10.6 Å². The molecule has 0 radical (unpaired) electrons. The summed E-state index contributed by atoms with van der Waals surface area (Å²) in [4.78, 5) is 11.6. The molecule has 0 aromatic heterocycles. The number of amides is 1. The van der Waals surface area contributed by atoms with Gasteiger partial charge in [0.1, 0.15) is 0 Å². The average molecular weight is 224 g/mol. The van der Waals surface area contributed by atoms with Crippen LogP contribution in [0.4, 0.5) is 0 Å². The van der Waals surface area contributed by atoms with E-state index in [9.17, 15) is 4.79 Å². The fraction of sp³-hybridized carbons (Fsp3) is 0.769. The number of rotatable bonds is 5. The largest absolute Gasteiger partial charge is 0.351 e. The molecule has 0 aromatic rings. The Morgan fingerprint density at radius 2 is 2.06 bits per heavy atom. The SMILES string of the molecule is C=CCNC(=O)[C@@H](C)NC1CCC(C)CC1. The molecule has 0 unspecified atom stereocenters. The molecule has 3 nitrogen and oxygen atoms in total. The number of carbonyl (C=O) groups excluding carboxylic acids is 1. The molecule has 1 saturated carbocycles. The summed E-state index contributed by atoms with van der Waals surface area (Å²) < 4.78 is 0. The van der Waals surface area contributed by atoms with Gasteiger partial charge in [-0.2, -0.15) is 0 Å². The second kappa shape index (κ2) is 6.69. The van der Waals surface area contributed by atoms with Crippen LogP contribution in [0.15, 0.2) is 12.7 Å². The number of hydrogen-bond donors (Lipinski definition) is 2. The number of nitrogens with one attached hydrogen (secondary N) is 2. The van der Waals surface area contributed by atoms with Crippen molar-refractivity contribution in [3.63, 3.8) is 0 Å². The Hall–Kier alpha value is -0.830. The van der Waals surface area contributed by atoms with E-state index >= 15 is 0 Å². The molecule has 1 atom stereocenters. The molecule has 0 saturated heterocycles. The minimum Gasteiger partial charge on any atom is -0.351 e. The smallest absolute Gasteiger partial charge is 0.237 e. The van der Waals surface area contributed by atoms with E-state index in [2.05, 4.69) is 24.1 Å². The summed E-state index contributed by atoms with van der Waals surface area (Å²) in [5.74, 6) is 0.918. The maximum atomic E-state index is 11.6. The average Bonchev–Trinajstić information content (AvgIpc) is 2.29. The maximum Gasteiger partial charge on any atom is 0.237 e. The van der Waals surface area contributed by atoms with Crippen molar-refractivity contribution >= 4 is 5.91 Å². The van der Waals surface area contributed by atoms with Crippen molar-refractivity contribution in [3.8, 4) is 0 Å². The van der Waals surface area contributed by atoms with Crippen LogP contribution < -0.4 is 10.6 Å². The zero-order valence-corrected chi connectivity index (χ0v) is 10.5. The summed E-state index contributed by atoms with van der Waals surface area (Å²) in [5.41, 5.74) is 0. The van der Waals surface area contributed by atoms with Gasteiger partial charge in [-0.05, 0) is 38.5 Å². The zero-order valence-electron chi connectivity index (χ0n) is 10.5. The first kappa shape index (κ1) is 13.2. The van der Waals surface area contributed by atoms with E-state index in [-0.39, 0.29) is 11.9 Å². The molecule has 0 heterocycles. The van der Waals surface area contributed by atoms with E-state index in [0.717, 1.165) is 5.92 Å². The molecule has 1 fully saturated rings.